The Labute approximate surface area is 168 Å². The number of hydrogen-bond donors (Lipinski definition) is 2. The first-order valence-corrected chi connectivity index (χ1v) is 10.4. The lowest BCUT2D eigenvalue weighted by Crippen LogP contribution is -2.57. The molecule has 2 unspecified atom stereocenters. The average molecular weight is 387 g/mol. The monoisotopic (exact) mass is 386 g/mol. The number of benzene rings is 1. The van der Waals surface area contributed by atoms with E-state index in [4.69, 9.17) is 0 Å². The predicted molar refractivity (Wildman–Crippen MR) is 113 cm³/mol. The van der Waals surface area contributed by atoms with Crippen LogP contribution in [0.2, 0.25) is 0 Å². The van der Waals surface area contributed by atoms with Crippen LogP contribution in [-0.2, 0) is 9.59 Å². The van der Waals surface area contributed by atoms with Crippen molar-refractivity contribution in [3.63, 3.8) is 0 Å². The third-order valence-electron chi connectivity index (χ3n) is 6.05. The summed E-state index contributed by atoms with van der Waals surface area (Å²) in [5, 5.41) is 6.21. The second kappa shape index (κ2) is 8.62. The molecule has 28 heavy (non-hydrogen) atoms. The number of piperazine rings is 1. The molecule has 1 aromatic carbocycles. The van der Waals surface area contributed by atoms with Crippen LogP contribution in [0.25, 0.3) is 0 Å². The summed E-state index contributed by atoms with van der Waals surface area (Å²) in [6.07, 6.45) is 2.22. The molecule has 2 aliphatic rings. The van der Waals surface area contributed by atoms with Crippen LogP contribution in [0.15, 0.2) is 12.1 Å². The van der Waals surface area contributed by atoms with E-state index in [2.05, 4.69) is 39.5 Å². The Kier molecular flexibility index (Phi) is 6.40. The summed E-state index contributed by atoms with van der Waals surface area (Å²) in [6.45, 7) is 13.3. The van der Waals surface area contributed by atoms with Gasteiger partial charge in [0, 0.05) is 37.9 Å². The van der Waals surface area contributed by atoms with Gasteiger partial charge in [0.25, 0.3) is 0 Å². The van der Waals surface area contributed by atoms with E-state index >= 15 is 0 Å². The largest absolute Gasteiger partial charge is 0.352 e. The molecule has 0 spiro atoms. The van der Waals surface area contributed by atoms with E-state index in [1.165, 1.54) is 5.56 Å². The molecule has 0 bridgehead atoms. The summed E-state index contributed by atoms with van der Waals surface area (Å²) in [6, 6.07) is 4.29. The lowest BCUT2D eigenvalue weighted by molar-refractivity contribution is -0.128. The SMILES string of the molecule is Cc1cc(C)c(NC(=O)C(C)N2CCN(C(C)C(=O)NC3CC3)CC2)c(C)c1. The fraction of sp³-hybridized carbons (Fsp3) is 0.636. The minimum atomic E-state index is -0.196. The van der Waals surface area contributed by atoms with Gasteiger partial charge in [-0.2, -0.15) is 0 Å². The molecule has 1 saturated carbocycles. The van der Waals surface area contributed by atoms with Crippen LogP contribution in [0.1, 0.15) is 43.4 Å². The maximum atomic E-state index is 12.8. The number of carbonyl (C=O) groups is 2. The number of nitrogens with one attached hydrogen (secondary N) is 2. The van der Waals surface area contributed by atoms with E-state index in [0.29, 0.717) is 6.04 Å². The van der Waals surface area contributed by atoms with Gasteiger partial charge >= 0.3 is 0 Å². The van der Waals surface area contributed by atoms with Crippen molar-refractivity contribution < 1.29 is 9.59 Å². The zero-order valence-corrected chi connectivity index (χ0v) is 17.8. The Bertz CT molecular complexity index is 713. The van der Waals surface area contributed by atoms with Crippen molar-refractivity contribution in [3.05, 3.63) is 28.8 Å². The van der Waals surface area contributed by atoms with Crippen LogP contribution >= 0.6 is 0 Å². The van der Waals surface area contributed by atoms with E-state index < -0.39 is 0 Å². The number of aryl methyl sites for hydroxylation is 3. The summed E-state index contributed by atoms with van der Waals surface area (Å²) in [5.74, 6) is 0.162. The highest BCUT2D eigenvalue weighted by Gasteiger charge is 2.32. The Morgan fingerprint density at radius 1 is 0.893 bits per heavy atom. The third kappa shape index (κ3) is 4.92. The molecule has 2 amide bonds. The van der Waals surface area contributed by atoms with Gasteiger partial charge in [0.05, 0.1) is 12.1 Å². The number of anilines is 1. The van der Waals surface area contributed by atoms with Crippen molar-refractivity contribution in [1.82, 2.24) is 15.1 Å². The minimum absolute atomic E-state index is 0.0306. The Balaban J connectivity index is 1.52. The predicted octanol–water partition coefficient (Wildman–Crippen LogP) is 2.22. The van der Waals surface area contributed by atoms with Crippen LogP contribution in [-0.4, -0.2) is 65.9 Å². The Morgan fingerprint density at radius 2 is 1.36 bits per heavy atom. The Hall–Kier alpha value is -1.92. The van der Waals surface area contributed by atoms with Crippen LogP contribution in [0.4, 0.5) is 5.69 Å². The highest BCUT2D eigenvalue weighted by atomic mass is 16.2. The van der Waals surface area contributed by atoms with E-state index in [1.807, 2.05) is 27.7 Å². The molecule has 1 aromatic rings. The first-order valence-electron chi connectivity index (χ1n) is 10.4. The molecule has 1 saturated heterocycles. The van der Waals surface area contributed by atoms with Crippen LogP contribution < -0.4 is 10.6 Å². The molecular formula is C22H34N4O2. The van der Waals surface area contributed by atoms with Gasteiger partial charge in [0.2, 0.25) is 11.8 Å². The smallest absolute Gasteiger partial charge is 0.241 e. The number of nitrogens with zero attached hydrogens (tertiary/aromatic N) is 2. The fourth-order valence-corrected chi connectivity index (χ4v) is 4.00. The summed E-state index contributed by atoms with van der Waals surface area (Å²) in [5.41, 5.74) is 4.32. The van der Waals surface area contributed by atoms with Crippen molar-refractivity contribution >= 4 is 17.5 Å². The van der Waals surface area contributed by atoms with Crippen LogP contribution in [0.3, 0.4) is 0 Å². The third-order valence-corrected chi connectivity index (χ3v) is 6.05. The highest BCUT2D eigenvalue weighted by Crippen LogP contribution is 2.23. The molecule has 0 radical (unpaired) electrons. The molecule has 6 heteroatoms. The molecule has 2 N–H and O–H groups in total. The quantitative estimate of drug-likeness (QED) is 0.787. The van der Waals surface area contributed by atoms with Crippen molar-refractivity contribution in [3.8, 4) is 0 Å². The van der Waals surface area contributed by atoms with Gasteiger partial charge in [-0.15, -0.1) is 0 Å². The van der Waals surface area contributed by atoms with Gasteiger partial charge in [-0.05, 0) is 58.6 Å². The number of hydrogen-bond acceptors (Lipinski definition) is 4. The van der Waals surface area contributed by atoms with Crippen molar-refractivity contribution in [2.24, 2.45) is 0 Å². The van der Waals surface area contributed by atoms with Gasteiger partial charge in [-0.1, -0.05) is 17.7 Å². The summed E-state index contributed by atoms with van der Waals surface area (Å²) < 4.78 is 0. The van der Waals surface area contributed by atoms with E-state index in [0.717, 1.165) is 55.8 Å². The molecule has 2 atom stereocenters. The molecule has 1 aliphatic heterocycles. The van der Waals surface area contributed by atoms with Crippen molar-refractivity contribution in [2.75, 3.05) is 31.5 Å². The first kappa shape index (κ1) is 20.8. The van der Waals surface area contributed by atoms with Gasteiger partial charge in [-0.3, -0.25) is 19.4 Å². The molecule has 1 aliphatic carbocycles. The average Bonchev–Trinajstić information content (AvgIpc) is 3.47. The summed E-state index contributed by atoms with van der Waals surface area (Å²) >= 11 is 0. The maximum absolute atomic E-state index is 12.8. The Morgan fingerprint density at radius 3 is 1.82 bits per heavy atom. The number of amides is 2. The van der Waals surface area contributed by atoms with E-state index in [1.54, 1.807) is 0 Å². The lowest BCUT2D eigenvalue weighted by atomic mass is 10.0. The number of carbonyl (C=O) groups excluding carboxylic acids is 2. The molecule has 0 aromatic heterocycles. The normalized spacial score (nSPS) is 20.5. The van der Waals surface area contributed by atoms with E-state index in [-0.39, 0.29) is 23.9 Å². The van der Waals surface area contributed by atoms with Gasteiger partial charge in [0.1, 0.15) is 0 Å². The lowest BCUT2D eigenvalue weighted by Gasteiger charge is -2.39. The zero-order chi connectivity index (χ0) is 20.4. The topological polar surface area (TPSA) is 64.7 Å². The standard InChI is InChI=1S/C22H34N4O2/c1-14-12-15(2)20(16(3)13-14)24-22(28)18(5)26-10-8-25(9-11-26)17(4)21(27)23-19-6-7-19/h12-13,17-19H,6-11H2,1-5H3,(H,23,27)(H,24,28). The molecule has 6 nitrogen and oxygen atoms in total. The highest BCUT2D eigenvalue weighted by molar-refractivity contribution is 5.96. The molecular weight excluding hydrogens is 352 g/mol. The molecule has 154 valence electrons. The molecule has 3 rings (SSSR count). The van der Waals surface area contributed by atoms with Crippen LogP contribution in [0, 0.1) is 20.8 Å². The van der Waals surface area contributed by atoms with Crippen LogP contribution in [0.5, 0.6) is 0 Å². The van der Waals surface area contributed by atoms with E-state index in [9.17, 15) is 9.59 Å². The van der Waals surface area contributed by atoms with Crippen molar-refractivity contribution in [2.45, 2.75) is 65.6 Å². The molecule has 1 heterocycles. The minimum Gasteiger partial charge on any atom is -0.352 e. The zero-order valence-electron chi connectivity index (χ0n) is 17.8. The van der Waals surface area contributed by atoms with Gasteiger partial charge in [0.15, 0.2) is 0 Å². The summed E-state index contributed by atoms with van der Waals surface area (Å²) in [4.78, 5) is 29.5. The second-order valence-electron chi connectivity index (χ2n) is 8.47. The molecule has 2 fully saturated rings. The fourth-order valence-electron chi connectivity index (χ4n) is 4.00. The second-order valence-corrected chi connectivity index (χ2v) is 8.47. The first-order chi connectivity index (χ1) is 13.3. The number of rotatable bonds is 6. The van der Waals surface area contributed by atoms with Gasteiger partial charge < -0.3 is 10.6 Å². The van der Waals surface area contributed by atoms with Gasteiger partial charge in [-0.25, -0.2) is 0 Å². The van der Waals surface area contributed by atoms with Crippen molar-refractivity contribution in [1.29, 1.82) is 0 Å². The maximum Gasteiger partial charge on any atom is 0.241 e. The summed E-state index contributed by atoms with van der Waals surface area (Å²) in [7, 11) is 0.